The van der Waals surface area contributed by atoms with Crippen LogP contribution in [0.1, 0.15) is 93.8 Å². The molecule has 0 nitrogen and oxygen atoms in total. The minimum Gasteiger partial charge on any atom is -0.0836 e. The fourth-order valence-electron chi connectivity index (χ4n) is 13.8. The van der Waals surface area contributed by atoms with Crippen molar-refractivity contribution in [3.05, 3.63) is 279 Å². The summed E-state index contributed by atoms with van der Waals surface area (Å²) in [4.78, 5) is 0. The van der Waals surface area contributed by atoms with E-state index in [2.05, 4.69) is 226 Å². The molecule has 0 unspecified atom stereocenters. The Balaban J connectivity index is 1.21. The van der Waals surface area contributed by atoms with E-state index in [0.717, 1.165) is 19.3 Å². The summed E-state index contributed by atoms with van der Waals surface area (Å²) in [6, 6.07) is 76.9. The lowest BCUT2D eigenvalue weighted by atomic mass is 9.60. The quantitative estimate of drug-likeness (QED) is 0.166. The highest BCUT2D eigenvalue weighted by atomic mass is 14.6. The number of benzene rings is 9. The summed E-state index contributed by atoms with van der Waals surface area (Å²) in [7, 11) is 0. The molecule has 0 saturated carbocycles. The predicted octanol–water partition coefficient (Wildman–Crippen LogP) is 16.5. The Hall–Kier alpha value is -7.54. The highest BCUT2D eigenvalue weighted by molar-refractivity contribution is 6.07. The zero-order valence-corrected chi connectivity index (χ0v) is 37.4. The number of hydrogen-bond acceptors (Lipinski definition) is 0. The molecule has 0 fully saturated rings. The molecule has 9 aromatic rings. The third kappa shape index (κ3) is 4.84. The smallest absolute Gasteiger partial charge is 0.0516 e. The molecule has 312 valence electrons. The molecule has 1 spiro atoms. The summed E-state index contributed by atoms with van der Waals surface area (Å²) in [5.74, 6) is 0.00809. The van der Waals surface area contributed by atoms with E-state index in [1.165, 1.54) is 128 Å². The van der Waals surface area contributed by atoms with Gasteiger partial charge in [-0.15, -0.1) is 0 Å². The van der Waals surface area contributed by atoms with Gasteiger partial charge < -0.3 is 0 Å². The molecule has 5 aliphatic rings. The van der Waals surface area contributed by atoms with Crippen molar-refractivity contribution in [3.8, 4) is 55.6 Å². The van der Waals surface area contributed by atoms with Crippen LogP contribution in [-0.4, -0.2) is 0 Å². The van der Waals surface area contributed by atoms with Crippen molar-refractivity contribution < 1.29 is 0 Å². The van der Waals surface area contributed by atoms with Crippen molar-refractivity contribution in [2.45, 2.75) is 49.9 Å². The van der Waals surface area contributed by atoms with Crippen LogP contribution in [0.2, 0.25) is 0 Å². The fraction of sp³-hybridized carbons (Fsp3) is 0.121. The van der Waals surface area contributed by atoms with E-state index in [0.29, 0.717) is 0 Å². The van der Waals surface area contributed by atoms with E-state index in [-0.39, 0.29) is 5.92 Å². The SMILES string of the molecule is CC1=C(c2ccccc2[C@@H]2c3ccccc3-c3c2c2c(c4c3[C@@]3(Cc5ccccc5-c5ccccc53)c3ccccc3-4)[C@](C)(c3ccccc3-c3ccccc3)c3ccccc3-2)C=CCC1. The van der Waals surface area contributed by atoms with Crippen LogP contribution in [0.5, 0.6) is 0 Å². The van der Waals surface area contributed by atoms with E-state index in [9.17, 15) is 0 Å². The summed E-state index contributed by atoms with van der Waals surface area (Å²) in [6.07, 6.45) is 7.86. The molecule has 0 aliphatic heterocycles. The molecular weight excluding hydrogens is 793 g/mol. The van der Waals surface area contributed by atoms with Crippen molar-refractivity contribution in [2.75, 3.05) is 0 Å². The first-order chi connectivity index (χ1) is 32.6. The Morgan fingerprint density at radius 3 is 1.64 bits per heavy atom. The molecule has 66 heavy (non-hydrogen) atoms. The maximum atomic E-state index is 2.57. The average molecular weight is 841 g/mol. The Bertz CT molecular complexity index is 3600. The van der Waals surface area contributed by atoms with Gasteiger partial charge in [-0.1, -0.05) is 218 Å². The first-order valence-corrected chi connectivity index (χ1v) is 23.9. The summed E-state index contributed by atoms with van der Waals surface area (Å²) in [6.45, 7) is 4.91. The van der Waals surface area contributed by atoms with E-state index in [1.54, 1.807) is 0 Å². The molecule has 0 aromatic heterocycles. The molecule has 0 N–H and O–H groups in total. The topological polar surface area (TPSA) is 0 Å². The van der Waals surface area contributed by atoms with Gasteiger partial charge in [0.1, 0.15) is 0 Å². The fourth-order valence-corrected chi connectivity index (χ4v) is 13.8. The van der Waals surface area contributed by atoms with Gasteiger partial charge in [0.2, 0.25) is 0 Å². The van der Waals surface area contributed by atoms with Gasteiger partial charge in [-0.2, -0.15) is 0 Å². The van der Waals surface area contributed by atoms with Gasteiger partial charge in [-0.05, 0) is 156 Å². The lowest BCUT2D eigenvalue weighted by Gasteiger charge is -2.41. The van der Waals surface area contributed by atoms with Crippen LogP contribution in [0.4, 0.5) is 0 Å². The standard InChI is InChI=1S/C66H48/c1-41-22-6-8-26-44(41)47-29-10-11-31-49(47)58-50-32-12-13-33-51(50)59-62(58)60-52-34-16-19-37-55(52)65(2,54-36-18-14-28-46(54)42-23-4-3-5-24-42)63(60)61-53-35-17-21-39-57(53)66(64(59)61)40-43-25-7-9-27-45(43)48-30-15-20-38-56(48)66/h3-5,7-21,23-39,58H,6,22,40H2,1-2H3/t58-,65-,66-/m1/s1. The van der Waals surface area contributed by atoms with Crippen molar-refractivity contribution in [1.29, 1.82) is 0 Å². The second kappa shape index (κ2) is 14.0. The van der Waals surface area contributed by atoms with Crippen LogP contribution >= 0.6 is 0 Å². The van der Waals surface area contributed by atoms with Crippen LogP contribution in [0.25, 0.3) is 61.2 Å². The maximum absolute atomic E-state index is 2.57. The number of allylic oxidation sites excluding steroid dienone is 4. The number of hydrogen-bond donors (Lipinski definition) is 0. The van der Waals surface area contributed by atoms with Gasteiger partial charge in [0.05, 0.1) is 5.41 Å². The summed E-state index contributed by atoms with van der Waals surface area (Å²) < 4.78 is 0. The molecule has 9 aromatic carbocycles. The first kappa shape index (κ1) is 37.8. The van der Waals surface area contributed by atoms with Gasteiger partial charge >= 0.3 is 0 Å². The van der Waals surface area contributed by atoms with Crippen LogP contribution in [0, 0.1) is 0 Å². The van der Waals surface area contributed by atoms with Gasteiger partial charge in [0.25, 0.3) is 0 Å². The number of rotatable bonds is 4. The Labute approximate surface area is 388 Å². The van der Waals surface area contributed by atoms with Gasteiger partial charge in [0.15, 0.2) is 0 Å². The third-order valence-corrected chi connectivity index (χ3v) is 16.4. The lowest BCUT2D eigenvalue weighted by Crippen LogP contribution is -2.34. The second-order valence-corrected chi connectivity index (χ2v) is 19.4. The normalized spacial score (nSPS) is 19.9. The van der Waals surface area contributed by atoms with Crippen LogP contribution in [-0.2, 0) is 17.3 Å². The third-order valence-electron chi connectivity index (χ3n) is 16.4. The van der Waals surface area contributed by atoms with Gasteiger partial charge in [0, 0.05) is 11.3 Å². The van der Waals surface area contributed by atoms with Crippen LogP contribution < -0.4 is 0 Å². The van der Waals surface area contributed by atoms with E-state index in [1.807, 2.05) is 0 Å². The zero-order chi connectivity index (χ0) is 43.7. The molecule has 0 radical (unpaired) electrons. The summed E-state index contributed by atoms with van der Waals surface area (Å²) in [5.41, 5.74) is 31.0. The van der Waals surface area contributed by atoms with E-state index >= 15 is 0 Å². The molecule has 0 heteroatoms. The van der Waals surface area contributed by atoms with Crippen molar-refractivity contribution in [1.82, 2.24) is 0 Å². The van der Waals surface area contributed by atoms with Crippen LogP contribution in [0.3, 0.4) is 0 Å². The molecule has 0 bridgehead atoms. The largest absolute Gasteiger partial charge is 0.0836 e. The molecule has 0 amide bonds. The molecule has 0 saturated heterocycles. The molecule has 0 heterocycles. The van der Waals surface area contributed by atoms with Crippen molar-refractivity contribution in [2.24, 2.45) is 0 Å². The Morgan fingerprint density at radius 2 is 0.924 bits per heavy atom. The molecular formula is C66H48. The molecule has 3 atom stereocenters. The summed E-state index contributed by atoms with van der Waals surface area (Å²) >= 11 is 0. The first-order valence-electron chi connectivity index (χ1n) is 23.9. The van der Waals surface area contributed by atoms with Crippen molar-refractivity contribution in [3.63, 3.8) is 0 Å². The summed E-state index contributed by atoms with van der Waals surface area (Å²) in [5, 5.41) is 0. The average Bonchev–Trinajstić information content (AvgIpc) is 3.96. The number of fused-ring (bicyclic) bond motifs is 18. The van der Waals surface area contributed by atoms with Crippen molar-refractivity contribution >= 4 is 5.57 Å². The minimum absolute atomic E-state index is 0.00809. The minimum atomic E-state index is -0.508. The Morgan fingerprint density at radius 1 is 0.424 bits per heavy atom. The Kier molecular flexibility index (Phi) is 8.01. The maximum Gasteiger partial charge on any atom is 0.0516 e. The van der Waals surface area contributed by atoms with Crippen LogP contribution in [0.15, 0.2) is 218 Å². The second-order valence-electron chi connectivity index (χ2n) is 19.4. The highest BCUT2D eigenvalue weighted by Crippen LogP contribution is 2.71. The molecule has 5 aliphatic carbocycles. The lowest BCUT2D eigenvalue weighted by molar-refractivity contribution is 0.622. The van der Waals surface area contributed by atoms with E-state index < -0.39 is 10.8 Å². The predicted molar refractivity (Wildman–Crippen MR) is 274 cm³/mol. The van der Waals surface area contributed by atoms with Gasteiger partial charge in [-0.3, -0.25) is 0 Å². The monoisotopic (exact) mass is 840 g/mol. The van der Waals surface area contributed by atoms with E-state index in [4.69, 9.17) is 0 Å². The zero-order valence-electron chi connectivity index (χ0n) is 37.4. The van der Waals surface area contributed by atoms with Gasteiger partial charge in [-0.25, -0.2) is 0 Å². The highest BCUT2D eigenvalue weighted by Gasteiger charge is 2.57. The molecule has 14 rings (SSSR count).